The van der Waals surface area contributed by atoms with E-state index in [1.165, 1.54) is 24.3 Å². The van der Waals surface area contributed by atoms with Gasteiger partial charge in [0.1, 0.15) is 23.3 Å². The summed E-state index contributed by atoms with van der Waals surface area (Å²) in [7, 11) is 1.89. The topological polar surface area (TPSA) is 35.6 Å². The molecule has 0 aromatic heterocycles. The largest absolute Gasteiger partial charge is 0.360 e. The lowest BCUT2D eigenvalue weighted by Gasteiger charge is -2.25. The molecule has 2 aliphatic rings. The third-order valence-electron chi connectivity index (χ3n) is 6.33. The Morgan fingerprint density at radius 1 is 1.00 bits per heavy atom. The van der Waals surface area contributed by atoms with Gasteiger partial charge < -0.3 is 10.2 Å². The number of hydrogen-bond donors (Lipinski definition) is 1. The van der Waals surface area contributed by atoms with Crippen LogP contribution in [0.4, 0.5) is 18.9 Å². The molecule has 3 aromatic rings. The summed E-state index contributed by atoms with van der Waals surface area (Å²) in [5.41, 5.74) is 2.10. The van der Waals surface area contributed by atoms with E-state index < -0.39 is 22.9 Å². The van der Waals surface area contributed by atoms with Crippen LogP contribution < -0.4 is 10.2 Å². The van der Waals surface area contributed by atoms with E-state index in [0.29, 0.717) is 34.9 Å². The second-order valence-electron chi connectivity index (χ2n) is 8.89. The van der Waals surface area contributed by atoms with Crippen LogP contribution in [0, 0.1) is 17.5 Å². The maximum Gasteiger partial charge on any atom is 0.243 e. The standard InChI is InChI=1S/C26H21ClF3N3O/c1-26(12-15-7-18(28)11-19(29)8-15)20-9-16(17-3-5-22(30)21(27)10-17)4-6-23(20)33(25(26)34)24-13-32(2)14-31-24/h3-11,13,31H,12,14H2,1-2H3. The van der Waals surface area contributed by atoms with Gasteiger partial charge in [-0.3, -0.25) is 9.69 Å². The normalized spacial score (nSPS) is 19.4. The Morgan fingerprint density at radius 2 is 1.68 bits per heavy atom. The molecule has 0 fully saturated rings. The van der Waals surface area contributed by atoms with Crippen molar-refractivity contribution in [2.24, 2.45) is 0 Å². The zero-order valence-corrected chi connectivity index (χ0v) is 19.3. The summed E-state index contributed by atoms with van der Waals surface area (Å²) >= 11 is 5.99. The molecule has 3 aromatic carbocycles. The molecule has 0 radical (unpaired) electrons. The number of carbonyl (C=O) groups excluding carboxylic acids is 1. The van der Waals surface area contributed by atoms with Gasteiger partial charge in [0.15, 0.2) is 0 Å². The minimum absolute atomic E-state index is 0.00273. The molecule has 2 heterocycles. The first kappa shape index (κ1) is 22.3. The van der Waals surface area contributed by atoms with Crippen LogP contribution in [0.3, 0.4) is 0 Å². The molecule has 174 valence electrons. The highest BCUT2D eigenvalue weighted by molar-refractivity contribution is 6.31. The number of benzene rings is 3. The van der Waals surface area contributed by atoms with Gasteiger partial charge in [-0.15, -0.1) is 0 Å². The first-order valence-electron chi connectivity index (χ1n) is 10.7. The fraction of sp³-hybridized carbons (Fsp3) is 0.192. The monoisotopic (exact) mass is 483 g/mol. The van der Waals surface area contributed by atoms with Crippen molar-refractivity contribution in [1.29, 1.82) is 0 Å². The van der Waals surface area contributed by atoms with Crippen LogP contribution in [0.5, 0.6) is 0 Å². The predicted molar refractivity (Wildman–Crippen MR) is 126 cm³/mol. The Kier molecular flexibility index (Phi) is 5.32. The van der Waals surface area contributed by atoms with Crippen LogP contribution in [-0.2, 0) is 16.6 Å². The van der Waals surface area contributed by atoms with Gasteiger partial charge in [0.2, 0.25) is 5.91 Å². The lowest BCUT2D eigenvalue weighted by atomic mass is 9.77. The van der Waals surface area contributed by atoms with E-state index in [2.05, 4.69) is 5.32 Å². The molecular formula is C26H21ClF3N3O. The number of fused-ring (bicyclic) bond motifs is 1. The summed E-state index contributed by atoms with van der Waals surface area (Å²) in [6, 6.07) is 13.3. The van der Waals surface area contributed by atoms with Crippen molar-refractivity contribution >= 4 is 23.2 Å². The van der Waals surface area contributed by atoms with Gasteiger partial charge in [-0.05, 0) is 72.0 Å². The van der Waals surface area contributed by atoms with E-state index in [1.807, 2.05) is 36.3 Å². The van der Waals surface area contributed by atoms with Crippen molar-refractivity contribution in [2.45, 2.75) is 18.8 Å². The maximum atomic E-state index is 13.9. The molecule has 4 nitrogen and oxygen atoms in total. The van der Waals surface area contributed by atoms with Gasteiger partial charge in [-0.1, -0.05) is 23.7 Å². The highest BCUT2D eigenvalue weighted by Gasteiger charge is 2.49. The Hall–Kier alpha value is -3.45. The second kappa shape index (κ2) is 8.09. The van der Waals surface area contributed by atoms with Gasteiger partial charge in [0.05, 0.1) is 22.8 Å². The maximum absolute atomic E-state index is 13.9. The molecule has 0 saturated carbocycles. The predicted octanol–water partition coefficient (Wildman–Crippen LogP) is 5.56. The van der Waals surface area contributed by atoms with Gasteiger partial charge >= 0.3 is 0 Å². The molecule has 2 aliphatic heterocycles. The minimum Gasteiger partial charge on any atom is -0.360 e. The summed E-state index contributed by atoms with van der Waals surface area (Å²) in [5.74, 6) is -1.50. The molecule has 0 aliphatic carbocycles. The Labute approximate surface area is 200 Å². The van der Waals surface area contributed by atoms with E-state index in [0.717, 1.165) is 11.6 Å². The Morgan fingerprint density at radius 3 is 2.32 bits per heavy atom. The van der Waals surface area contributed by atoms with E-state index in [9.17, 15) is 18.0 Å². The van der Waals surface area contributed by atoms with Crippen molar-refractivity contribution in [3.63, 3.8) is 0 Å². The smallest absolute Gasteiger partial charge is 0.243 e. The molecule has 0 spiro atoms. The number of hydrogen-bond acceptors (Lipinski definition) is 3. The van der Waals surface area contributed by atoms with Crippen LogP contribution in [0.1, 0.15) is 18.1 Å². The molecule has 5 rings (SSSR count). The summed E-state index contributed by atoms with van der Waals surface area (Å²) in [6.07, 6.45) is 1.93. The van der Waals surface area contributed by atoms with Crippen molar-refractivity contribution in [3.8, 4) is 11.1 Å². The van der Waals surface area contributed by atoms with Crippen molar-refractivity contribution in [2.75, 3.05) is 18.6 Å². The van der Waals surface area contributed by atoms with Crippen LogP contribution in [-0.4, -0.2) is 24.5 Å². The zero-order valence-electron chi connectivity index (χ0n) is 18.5. The van der Waals surface area contributed by atoms with Gasteiger partial charge in [-0.2, -0.15) is 0 Å². The highest BCUT2D eigenvalue weighted by Crippen LogP contribution is 2.47. The summed E-state index contributed by atoms with van der Waals surface area (Å²) in [6.45, 7) is 2.32. The van der Waals surface area contributed by atoms with Gasteiger partial charge in [0, 0.05) is 19.3 Å². The van der Waals surface area contributed by atoms with Crippen LogP contribution >= 0.6 is 11.6 Å². The number of carbonyl (C=O) groups is 1. The quantitative estimate of drug-likeness (QED) is 0.527. The molecule has 1 amide bonds. The summed E-state index contributed by atoms with van der Waals surface area (Å²) < 4.78 is 41.6. The molecule has 1 unspecified atom stereocenters. The molecule has 1 N–H and O–H groups in total. The number of rotatable bonds is 4. The third-order valence-corrected chi connectivity index (χ3v) is 6.62. The first-order valence-corrected chi connectivity index (χ1v) is 11.1. The van der Waals surface area contributed by atoms with Crippen molar-refractivity contribution < 1.29 is 18.0 Å². The lowest BCUT2D eigenvalue weighted by Crippen LogP contribution is -2.41. The first-order chi connectivity index (χ1) is 16.2. The number of nitrogens with zero attached hydrogens (tertiary/aromatic N) is 2. The number of halogens is 4. The average Bonchev–Trinajstić information content (AvgIpc) is 3.28. The number of anilines is 1. The highest BCUT2D eigenvalue weighted by atomic mass is 35.5. The van der Waals surface area contributed by atoms with Gasteiger partial charge in [-0.25, -0.2) is 13.2 Å². The van der Waals surface area contributed by atoms with E-state index in [-0.39, 0.29) is 17.4 Å². The van der Waals surface area contributed by atoms with Crippen LogP contribution in [0.2, 0.25) is 5.02 Å². The Balaban J connectivity index is 1.65. The lowest BCUT2D eigenvalue weighted by molar-refractivity contribution is -0.122. The fourth-order valence-electron chi connectivity index (χ4n) is 4.67. The van der Waals surface area contributed by atoms with Gasteiger partial charge in [0.25, 0.3) is 0 Å². The summed E-state index contributed by atoms with van der Waals surface area (Å²) in [4.78, 5) is 17.4. The molecule has 8 heteroatoms. The average molecular weight is 484 g/mol. The zero-order chi connectivity index (χ0) is 24.2. The molecule has 1 atom stereocenters. The fourth-order valence-corrected chi connectivity index (χ4v) is 4.85. The third kappa shape index (κ3) is 3.70. The molecule has 0 saturated heterocycles. The van der Waals surface area contributed by atoms with Crippen LogP contribution in [0.15, 0.2) is 66.6 Å². The Bertz CT molecular complexity index is 1340. The summed E-state index contributed by atoms with van der Waals surface area (Å²) in [5, 5.41) is 3.21. The van der Waals surface area contributed by atoms with Crippen molar-refractivity contribution in [1.82, 2.24) is 10.2 Å². The molecule has 0 bridgehead atoms. The van der Waals surface area contributed by atoms with Crippen LogP contribution in [0.25, 0.3) is 11.1 Å². The van der Waals surface area contributed by atoms with E-state index in [1.54, 1.807) is 17.9 Å². The minimum atomic E-state index is -1.10. The van der Waals surface area contributed by atoms with Crippen molar-refractivity contribution in [3.05, 3.63) is 100 Å². The number of nitrogens with one attached hydrogen (secondary N) is 1. The van der Waals surface area contributed by atoms with E-state index in [4.69, 9.17) is 11.6 Å². The second-order valence-corrected chi connectivity index (χ2v) is 9.30. The molecular weight excluding hydrogens is 463 g/mol. The SMILES string of the molecule is CN1C=C(N2C(=O)C(C)(Cc3cc(F)cc(F)c3)c3cc(-c4ccc(F)c(Cl)c4)ccc32)NC1. The number of amides is 1. The van der Waals surface area contributed by atoms with E-state index >= 15 is 0 Å². The molecule has 34 heavy (non-hydrogen) atoms.